The van der Waals surface area contributed by atoms with Crippen molar-refractivity contribution < 1.29 is 9.59 Å². The van der Waals surface area contributed by atoms with Crippen LogP contribution in [0.15, 0.2) is 16.1 Å². The lowest BCUT2D eigenvalue weighted by atomic mass is 9.80. The van der Waals surface area contributed by atoms with Gasteiger partial charge in [0.2, 0.25) is 12.2 Å². The van der Waals surface area contributed by atoms with Gasteiger partial charge in [-0.05, 0) is 29.4 Å². The van der Waals surface area contributed by atoms with Crippen LogP contribution in [0.5, 0.6) is 0 Å². The number of isocyanates is 2. The van der Waals surface area contributed by atoms with Crippen molar-refractivity contribution in [2.24, 2.45) is 9.98 Å². The second-order valence-corrected chi connectivity index (χ2v) is 6.42. The Kier molecular flexibility index (Phi) is 6.42. The predicted molar refractivity (Wildman–Crippen MR) is 88.7 cm³/mol. The summed E-state index contributed by atoms with van der Waals surface area (Å²) in [5.74, 6) is 0. The molecular weight excluding hydrogens is 276 g/mol. The number of nitrogens with zero attached hydrogens (tertiary/aromatic N) is 2. The lowest BCUT2D eigenvalue weighted by molar-refractivity contribution is 0.563. The highest BCUT2D eigenvalue weighted by Gasteiger charge is 2.26. The molecule has 1 aromatic rings. The van der Waals surface area contributed by atoms with Crippen molar-refractivity contribution in [2.75, 3.05) is 0 Å². The molecule has 0 amide bonds. The number of aliphatic imine (C=N–C) groups is 2. The summed E-state index contributed by atoms with van der Waals surface area (Å²) in [5.41, 5.74) is 3.79. The van der Waals surface area contributed by atoms with Crippen LogP contribution in [0, 0.1) is 0 Å². The molecular formula is C18H24N2O2. The molecule has 0 aliphatic heterocycles. The van der Waals surface area contributed by atoms with Gasteiger partial charge < -0.3 is 0 Å². The minimum Gasteiger partial charge on any atom is -0.211 e. The zero-order valence-electron chi connectivity index (χ0n) is 14.1. The number of carbonyl (C=O) groups excluding carboxylic acids is 2. The van der Waals surface area contributed by atoms with Crippen LogP contribution in [0.1, 0.15) is 64.2 Å². The molecule has 0 heterocycles. The number of benzene rings is 1. The van der Waals surface area contributed by atoms with E-state index in [9.17, 15) is 9.59 Å². The van der Waals surface area contributed by atoms with Gasteiger partial charge in [0.1, 0.15) is 0 Å². The van der Waals surface area contributed by atoms with Gasteiger partial charge in [-0.25, -0.2) is 9.59 Å². The molecule has 118 valence electrons. The molecule has 1 rings (SSSR count). The lowest BCUT2D eigenvalue weighted by Crippen LogP contribution is -2.14. The van der Waals surface area contributed by atoms with Crippen LogP contribution in [-0.2, 0) is 27.8 Å². The second kappa shape index (κ2) is 7.84. The Labute approximate surface area is 132 Å². The third kappa shape index (κ3) is 4.00. The van der Waals surface area contributed by atoms with Crippen molar-refractivity contribution in [2.45, 2.75) is 65.7 Å². The zero-order valence-corrected chi connectivity index (χ0v) is 14.1. The smallest absolute Gasteiger partial charge is 0.211 e. The summed E-state index contributed by atoms with van der Waals surface area (Å²) < 4.78 is 0. The Morgan fingerprint density at radius 1 is 0.909 bits per heavy atom. The molecule has 4 nitrogen and oxygen atoms in total. The van der Waals surface area contributed by atoms with E-state index in [4.69, 9.17) is 0 Å². The summed E-state index contributed by atoms with van der Waals surface area (Å²) in [6.07, 6.45) is 6.85. The van der Waals surface area contributed by atoms with Crippen LogP contribution in [-0.4, -0.2) is 12.2 Å². The standard InChI is InChI=1S/C18H24N2O2/c1-6-8-13-10-14(9-7-2)17(20-12-22)15(18(3,4)5)16(13)19-11-21/h10H,6-9H2,1-5H3. The molecule has 0 spiro atoms. The van der Waals surface area contributed by atoms with Gasteiger partial charge >= 0.3 is 0 Å². The molecule has 0 aliphatic rings. The maximum Gasteiger partial charge on any atom is 0.240 e. The van der Waals surface area contributed by atoms with Crippen molar-refractivity contribution in [1.29, 1.82) is 0 Å². The third-order valence-corrected chi connectivity index (χ3v) is 3.53. The molecule has 4 heteroatoms. The van der Waals surface area contributed by atoms with E-state index in [-0.39, 0.29) is 5.41 Å². The number of hydrogen-bond donors (Lipinski definition) is 0. The quantitative estimate of drug-likeness (QED) is 0.558. The summed E-state index contributed by atoms with van der Waals surface area (Å²) in [5, 5.41) is 0. The van der Waals surface area contributed by atoms with E-state index >= 15 is 0 Å². The minimum absolute atomic E-state index is 0.294. The van der Waals surface area contributed by atoms with E-state index in [1.165, 1.54) is 0 Å². The molecule has 0 bridgehead atoms. The van der Waals surface area contributed by atoms with Gasteiger partial charge in [0.05, 0.1) is 11.4 Å². The number of rotatable bonds is 6. The van der Waals surface area contributed by atoms with E-state index in [0.717, 1.165) is 42.4 Å². The summed E-state index contributed by atoms with van der Waals surface area (Å²) in [7, 11) is 0. The molecule has 0 fully saturated rings. The maximum atomic E-state index is 10.9. The Morgan fingerprint density at radius 2 is 1.32 bits per heavy atom. The largest absolute Gasteiger partial charge is 0.240 e. The van der Waals surface area contributed by atoms with Crippen molar-refractivity contribution in [3.8, 4) is 0 Å². The fourth-order valence-electron chi connectivity index (χ4n) is 2.76. The van der Waals surface area contributed by atoms with E-state index in [0.29, 0.717) is 11.4 Å². The van der Waals surface area contributed by atoms with Crippen molar-refractivity contribution >= 4 is 23.5 Å². The molecule has 0 N–H and O–H groups in total. The van der Waals surface area contributed by atoms with Gasteiger partial charge in [-0.1, -0.05) is 53.5 Å². The Bertz CT molecular complexity index is 583. The van der Waals surface area contributed by atoms with Crippen molar-refractivity contribution in [3.63, 3.8) is 0 Å². The first kappa shape index (κ1) is 18.0. The second-order valence-electron chi connectivity index (χ2n) is 6.42. The molecule has 1 aromatic carbocycles. The summed E-state index contributed by atoms with van der Waals surface area (Å²) in [6.45, 7) is 10.3. The highest BCUT2D eigenvalue weighted by molar-refractivity contribution is 5.74. The first-order valence-corrected chi connectivity index (χ1v) is 7.75. The van der Waals surface area contributed by atoms with E-state index in [1.54, 1.807) is 12.2 Å². The minimum atomic E-state index is -0.294. The molecule has 22 heavy (non-hydrogen) atoms. The first-order chi connectivity index (χ1) is 10.4. The first-order valence-electron chi connectivity index (χ1n) is 7.75. The number of aryl methyl sites for hydroxylation is 2. The van der Waals surface area contributed by atoms with E-state index in [2.05, 4.69) is 23.8 Å². The molecule has 0 unspecified atom stereocenters. The highest BCUT2D eigenvalue weighted by atomic mass is 16.1. The van der Waals surface area contributed by atoms with Crippen molar-refractivity contribution in [3.05, 3.63) is 22.8 Å². The molecule has 0 atom stereocenters. The van der Waals surface area contributed by atoms with Gasteiger partial charge in [0, 0.05) is 5.56 Å². The zero-order chi connectivity index (χ0) is 16.8. The SMILES string of the molecule is CCCc1cc(CCC)c(N=C=O)c(C(C)(C)C)c1N=C=O. The summed E-state index contributed by atoms with van der Waals surface area (Å²) in [4.78, 5) is 29.7. The predicted octanol–water partition coefficient (Wildman–Crippen LogP) is 4.82. The lowest BCUT2D eigenvalue weighted by Gasteiger charge is -2.26. The summed E-state index contributed by atoms with van der Waals surface area (Å²) >= 11 is 0. The van der Waals surface area contributed by atoms with Gasteiger partial charge in [0.15, 0.2) is 0 Å². The molecule has 0 aromatic heterocycles. The molecule has 0 saturated heterocycles. The monoisotopic (exact) mass is 300 g/mol. The van der Waals surface area contributed by atoms with Crippen LogP contribution < -0.4 is 0 Å². The van der Waals surface area contributed by atoms with Crippen molar-refractivity contribution in [1.82, 2.24) is 0 Å². The maximum absolute atomic E-state index is 10.9. The Balaban J connectivity index is 3.90. The molecule has 0 saturated carbocycles. The molecule has 0 radical (unpaired) electrons. The summed E-state index contributed by atoms with van der Waals surface area (Å²) in [6, 6.07) is 2.02. The fraction of sp³-hybridized carbons (Fsp3) is 0.556. The van der Waals surface area contributed by atoms with Gasteiger partial charge in [-0.15, -0.1) is 0 Å². The number of hydrogen-bond acceptors (Lipinski definition) is 4. The Hall–Kier alpha value is -2.02. The van der Waals surface area contributed by atoms with E-state index < -0.39 is 0 Å². The van der Waals surface area contributed by atoms with Crippen LogP contribution >= 0.6 is 0 Å². The fourth-order valence-corrected chi connectivity index (χ4v) is 2.76. The van der Waals surface area contributed by atoms with Gasteiger partial charge in [0.25, 0.3) is 0 Å². The van der Waals surface area contributed by atoms with Crippen LogP contribution in [0.25, 0.3) is 0 Å². The topological polar surface area (TPSA) is 58.9 Å². The van der Waals surface area contributed by atoms with Gasteiger partial charge in [-0.2, -0.15) is 9.98 Å². The van der Waals surface area contributed by atoms with Crippen LogP contribution in [0.2, 0.25) is 0 Å². The van der Waals surface area contributed by atoms with Crippen LogP contribution in [0.3, 0.4) is 0 Å². The average Bonchev–Trinajstić information content (AvgIpc) is 2.42. The third-order valence-electron chi connectivity index (χ3n) is 3.53. The molecule has 0 aliphatic carbocycles. The van der Waals surface area contributed by atoms with Crippen LogP contribution in [0.4, 0.5) is 11.4 Å². The van der Waals surface area contributed by atoms with Gasteiger partial charge in [-0.3, -0.25) is 0 Å². The highest BCUT2D eigenvalue weighted by Crippen LogP contribution is 2.44. The normalized spacial score (nSPS) is 10.8. The van der Waals surface area contributed by atoms with E-state index in [1.807, 2.05) is 26.8 Å². The Morgan fingerprint density at radius 3 is 1.59 bits per heavy atom. The average molecular weight is 300 g/mol.